The van der Waals surface area contributed by atoms with Crippen molar-refractivity contribution in [3.63, 3.8) is 0 Å². The van der Waals surface area contributed by atoms with Crippen LogP contribution in [0.1, 0.15) is 0 Å². The summed E-state index contributed by atoms with van der Waals surface area (Å²) in [6.07, 6.45) is -4.59. The van der Waals surface area contributed by atoms with Gasteiger partial charge in [-0.25, -0.2) is 4.90 Å². The second kappa shape index (κ2) is 4.26. The summed E-state index contributed by atoms with van der Waals surface area (Å²) in [5.41, 5.74) is 0. The highest BCUT2D eigenvalue weighted by atomic mass is 19.4. The Morgan fingerprint density at radius 2 is 2.23 bits per heavy atom. The van der Waals surface area contributed by atoms with Gasteiger partial charge in [0.1, 0.15) is 0 Å². The van der Waals surface area contributed by atoms with E-state index in [0.717, 1.165) is 0 Å². The number of ether oxygens (including phenoxy) is 1. The summed E-state index contributed by atoms with van der Waals surface area (Å²) in [6, 6.07) is 0. The van der Waals surface area contributed by atoms with E-state index in [-0.39, 0.29) is 25.8 Å². The van der Waals surface area contributed by atoms with Crippen molar-refractivity contribution in [2.45, 2.75) is 12.4 Å². The van der Waals surface area contributed by atoms with E-state index in [9.17, 15) is 13.2 Å². The molecule has 78 valence electrons. The number of halogens is 3. The molecule has 1 aliphatic heterocycles. The van der Waals surface area contributed by atoms with E-state index in [4.69, 9.17) is 4.74 Å². The van der Waals surface area contributed by atoms with Crippen LogP contribution in [0.15, 0.2) is 0 Å². The van der Waals surface area contributed by atoms with Gasteiger partial charge in [-0.1, -0.05) is 0 Å². The first-order valence-electron chi connectivity index (χ1n) is 4.12. The van der Waals surface area contributed by atoms with E-state index >= 15 is 0 Å². The zero-order chi connectivity index (χ0) is 9.90. The molecule has 1 aliphatic rings. The largest absolute Gasteiger partial charge is 0.460 e. The molecule has 1 fully saturated rings. The first kappa shape index (κ1) is 10.7. The van der Waals surface area contributed by atoms with Crippen LogP contribution in [0.2, 0.25) is 0 Å². The summed E-state index contributed by atoms with van der Waals surface area (Å²) >= 11 is 0. The standard InChI is InChI=1S/C7H13F3N2O/c1-11-4-6-5-12(2-3-13-6)7(8,9)10/h6,11H,2-5H2,1H3/t6-/m0/s1. The third-order valence-electron chi connectivity index (χ3n) is 1.93. The number of nitrogens with one attached hydrogen (secondary N) is 1. The maximum Gasteiger partial charge on any atom is 0.460 e. The van der Waals surface area contributed by atoms with Crippen molar-refractivity contribution in [2.75, 3.05) is 33.3 Å². The fourth-order valence-corrected chi connectivity index (χ4v) is 1.30. The van der Waals surface area contributed by atoms with Crippen molar-refractivity contribution in [1.29, 1.82) is 0 Å². The second-order valence-electron chi connectivity index (χ2n) is 2.96. The van der Waals surface area contributed by atoms with Gasteiger partial charge in [0.2, 0.25) is 0 Å². The van der Waals surface area contributed by atoms with Crippen LogP contribution in [0, 0.1) is 0 Å². The Balaban J connectivity index is 2.42. The van der Waals surface area contributed by atoms with Gasteiger partial charge in [0.15, 0.2) is 0 Å². The predicted octanol–water partition coefficient (Wildman–Crippen LogP) is 0.426. The zero-order valence-electron chi connectivity index (χ0n) is 7.40. The monoisotopic (exact) mass is 198 g/mol. The van der Waals surface area contributed by atoms with Gasteiger partial charge in [0, 0.05) is 19.6 Å². The Morgan fingerprint density at radius 3 is 2.77 bits per heavy atom. The van der Waals surface area contributed by atoms with E-state index in [0.29, 0.717) is 11.4 Å². The van der Waals surface area contributed by atoms with E-state index < -0.39 is 6.30 Å². The second-order valence-corrected chi connectivity index (χ2v) is 2.96. The summed E-state index contributed by atoms with van der Waals surface area (Å²) in [7, 11) is 1.69. The van der Waals surface area contributed by atoms with Crippen LogP contribution < -0.4 is 5.32 Å². The topological polar surface area (TPSA) is 24.5 Å². The minimum Gasteiger partial charge on any atom is -0.374 e. The molecule has 1 rings (SSSR count). The summed E-state index contributed by atoms with van der Waals surface area (Å²) in [4.78, 5) is 0.485. The van der Waals surface area contributed by atoms with Gasteiger partial charge in [-0.3, -0.25) is 0 Å². The van der Waals surface area contributed by atoms with E-state index in [2.05, 4.69) is 5.32 Å². The molecule has 1 N–H and O–H groups in total. The number of hydrogen-bond donors (Lipinski definition) is 1. The van der Waals surface area contributed by atoms with E-state index in [1.54, 1.807) is 7.05 Å². The molecule has 13 heavy (non-hydrogen) atoms. The molecule has 1 atom stereocenters. The molecule has 3 nitrogen and oxygen atoms in total. The van der Waals surface area contributed by atoms with Crippen molar-refractivity contribution in [2.24, 2.45) is 0 Å². The molecule has 0 aromatic rings. The number of likely N-dealkylation sites (N-methyl/N-ethyl adjacent to an activating group) is 1. The van der Waals surface area contributed by atoms with Crippen molar-refractivity contribution in [3.05, 3.63) is 0 Å². The number of rotatable bonds is 2. The molecule has 0 aromatic carbocycles. The fourth-order valence-electron chi connectivity index (χ4n) is 1.30. The molecule has 1 heterocycles. The highest BCUT2D eigenvalue weighted by Crippen LogP contribution is 2.23. The maximum absolute atomic E-state index is 12.2. The Hall–Kier alpha value is -0.330. The third-order valence-corrected chi connectivity index (χ3v) is 1.93. The first-order chi connectivity index (χ1) is 6.04. The third kappa shape index (κ3) is 3.13. The molecular weight excluding hydrogens is 185 g/mol. The van der Waals surface area contributed by atoms with Crippen molar-refractivity contribution in [3.8, 4) is 0 Å². The van der Waals surface area contributed by atoms with Crippen molar-refractivity contribution < 1.29 is 17.9 Å². The van der Waals surface area contributed by atoms with Crippen LogP contribution in [0.5, 0.6) is 0 Å². The van der Waals surface area contributed by atoms with E-state index in [1.165, 1.54) is 0 Å². The maximum atomic E-state index is 12.2. The average Bonchev–Trinajstić information content (AvgIpc) is 2.04. The molecule has 0 unspecified atom stereocenters. The van der Waals surface area contributed by atoms with Crippen LogP contribution in [-0.4, -0.2) is 50.6 Å². The zero-order valence-corrected chi connectivity index (χ0v) is 7.40. The lowest BCUT2D eigenvalue weighted by Gasteiger charge is -2.33. The molecule has 0 amide bonds. The normalized spacial score (nSPS) is 26.3. The minimum atomic E-state index is -4.23. The van der Waals surface area contributed by atoms with Gasteiger partial charge >= 0.3 is 6.30 Å². The highest BCUT2D eigenvalue weighted by Gasteiger charge is 2.40. The van der Waals surface area contributed by atoms with Crippen molar-refractivity contribution in [1.82, 2.24) is 10.2 Å². The molecule has 6 heteroatoms. The van der Waals surface area contributed by atoms with Crippen LogP contribution in [-0.2, 0) is 4.74 Å². The summed E-state index contributed by atoms with van der Waals surface area (Å²) in [5, 5.41) is 2.79. The lowest BCUT2D eigenvalue weighted by Crippen LogP contribution is -2.51. The van der Waals surface area contributed by atoms with Gasteiger partial charge < -0.3 is 10.1 Å². The van der Waals surface area contributed by atoms with Crippen LogP contribution in [0.25, 0.3) is 0 Å². The number of hydrogen-bond acceptors (Lipinski definition) is 3. The Kier molecular flexibility index (Phi) is 3.52. The SMILES string of the molecule is CNC[C@H]1CN(C(F)(F)F)CCO1. The molecule has 0 aliphatic carbocycles. The molecule has 0 saturated carbocycles. The molecule has 0 bridgehead atoms. The first-order valence-corrected chi connectivity index (χ1v) is 4.12. The fraction of sp³-hybridized carbons (Fsp3) is 1.00. The lowest BCUT2D eigenvalue weighted by atomic mass is 10.3. The van der Waals surface area contributed by atoms with Crippen LogP contribution in [0.4, 0.5) is 13.2 Å². The summed E-state index contributed by atoms with van der Waals surface area (Å²) in [5.74, 6) is 0. The van der Waals surface area contributed by atoms with Gasteiger partial charge in [-0.2, -0.15) is 13.2 Å². The minimum absolute atomic E-state index is 0.0658. The number of alkyl halides is 3. The lowest BCUT2D eigenvalue weighted by molar-refractivity contribution is -0.266. The molecule has 0 radical (unpaired) electrons. The number of morpholine rings is 1. The van der Waals surface area contributed by atoms with Crippen LogP contribution >= 0.6 is 0 Å². The number of nitrogens with zero attached hydrogens (tertiary/aromatic N) is 1. The smallest absolute Gasteiger partial charge is 0.374 e. The Labute approximate surface area is 74.8 Å². The Morgan fingerprint density at radius 1 is 1.54 bits per heavy atom. The predicted molar refractivity (Wildman–Crippen MR) is 41.3 cm³/mol. The summed E-state index contributed by atoms with van der Waals surface area (Å²) < 4.78 is 41.8. The molecule has 0 aromatic heterocycles. The highest BCUT2D eigenvalue weighted by molar-refractivity contribution is 4.74. The van der Waals surface area contributed by atoms with E-state index in [1.807, 2.05) is 0 Å². The van der Waals surface area contributed by atoms with Gasteiger partial charge in [-0.15, -0.1) is 0 Å². The van der Waals surface area contributed by atoms with Gasteiger partial charge in [0.25, 0.3) is 0 Å². The van der Waals surface area contributed by atoms with Gasteiger partial charge in [0.05, 0.1) is 12.7 Å². The van der Waals surface area contributed by atoms with Crippen molar-refractivity contribution >= 4 is 0 Å². The Bertz CT molecular complexity index is 160. The van der Waals surface area contributed by atoms with Gasteiger partial charge in [-0.05, 0) is 7.05 Å². The molecule has 1 saturated heterocycles. The molecule has 0 spiro atoms. The van der Waals surface area contributed by atoms with Crippen LogP contribution in [0.3, 0.4) is 0 Å². The average molecular weight is 198 g/mol. The summed E-state index contributed by atoms with van der Waals surface area (Å²) in [6.45, 7) is 0.451. The quantitative estimate of drug-likeness (QED) is 0.651. The molecular formula is C7H13F3N2O.